The second-order valence-electron chi connectivity index (χ2n) is 4.12. The maximum absolute atomic E-state index is 13.0. The normalized spacial score (nSPS) is 10.3. The number of hydrogen-bond acceptors (Lipinski definition) is 2. The molecule has 5 heteroatoms. The minimum absolute atomic E-state index is 0.0448. The lowest BCUT2D eigenvalue weighted by molar-refractivity contribution is 0.0945. The van der Waals surface area contributed by atoms with Crippen LogP contribution in [-0.2, 0) is 6.54 Å². The monoisotopic (exact) mass is 262 g/mol. The predicted molar refractivity (Wildman–Crippen MR) is 66.5 cm³/mol. The highest BCUT2D eigenvalue weighted by Crippen LogP contribution is 2.08. The lowest BCUT2D eigenvalue weighted by Crippen LogP contribution is -2.24. The molecule has 0 atom stereocenters. The summed E-state index contributed by atoms with van der Waals surface area (Å²) in [6, 6.07) is 8.21. The van der Waals surface area contributed by atoms with Gasteiger partial charge in [-0.05, 0) is 36.8 Å². The number of carbonyl (C=O) groups is 1. The summed E-state index contributed by atoms with van der Waals surface area (Å²) in [6.07, 6.45) is 0. The standard InChI is InChI=1S/C14H12F2N2O/c1-9-3-2-4-13(18-9)14(19)17-8-10-5-11(15)7-12(16)6-10/h2-7H,8H2,1H3,(H,17,19). The molecule has 0 radical (unpaired) electrons. The van der Waals surface area contributed by atoms with Crippen LogP contribution in [0.15, 0.2) is 36.4 Å². The molecule has 1 N–H and O–H groups in total. The molecule has 2 aromatic rings. The second kappa shape index (κ2) is 5.56. The van der Waals surface area contributed by atoms with Crippen molar-refractivity contribution in [3.63, 3.8) is 0 Å². The molecule has 98 valence electrons. The average Bonchev–Trinajstić information content (AvgIpc) is 2.35. The summed E-state index contributed by atoms with van der Waals surface area (Å²) in [6.45, 7) is 1.82. The van der Waals surface area contributed by atoms with Gasteiger partial charge in [0.2, 0.25) is 0 Å². The van der Waals surface area contributed by atoms with Crippen molar-refractivity contribution in [2.45, 2.75) is 13.5 Å². The summed E-state index contributed by atoms with van der Waals surface area (Å²) in [5.74, 6) is -1.72. The van der Waals surface area contributed by atoms with Crippen molar-refractivity contribution in [2.24, 2.45) is 0 Å². The van der Waals surface area contributed by atoms with Crippen LogP contribution in [0, 0.1) is 18.6 Å². The summed E-state index contributed by atoms with van der Waals surface area (Å²) in [5, 5.41) is 2.56. The Bertz CT molecular complexity index is 594. The lowest BCUT2D eigenvalue weighted by Gasteiger charge is -2.06. The number of rotatable bonds is 3. The zero-order valence-corrected chi connectivity index (χ0v) is 10.3. The van der Waals surface area contributed by atoms with E-state index in [0.29, 0.717) is 5.56 Å². The number of carbonyl (C=O) groups excluding carboxylic acids is 1. The Morgan fingerprint density at radius 3 is 2.53 bits per heavy atom. The van der Waals surface area contributed by atoms with Gasteiger partial charge in [-0.2, -0.15) is 0 Å². The third-order valence-electron chi connectivity index (χ3n) is 2.50. The molecule has 0 saturated heterocycles. The molecular weight excluding hydrogens is 250 g/mol. The first-order chi connectivity index (χ1) is 9.04. The largest absolute Gasteiger partial charge is 0.347 e. The number of benzene rings is 1. The smallest absolute Gasteiger partial charge is 0.270 e. The fraction of sp³-hybridized carbons (Fsp3) is 0.143. The van der Waals surface area contributed by atoms with E-state index in [0.717, 1.165) is 11.8 Å². The first-order valence-corrected chi connectivity index (χ1v) is 5.71. The summed E-state index contributed by atoms with van der Waals surface area (Å²) in [7, 11) is 0. The maximum Gasteiger partial charge on any atom is 0.270 e. The predicted octanol–water partition coefficient (Wildman–Crippen LogP) is 2.60. The van der Waals surface area contributed by atoms with Crippen molar-refractivity contribution in [3.05, 3.63) is 65.0 Å². The van der Waals surface area contributed by atoms with Gasteiger partial charge in [0.1, 0.15) is 17.3 Å². The van der Waals surface area contributed by atoms with Gasteiger partial charge in [-0.1, -0.05) is 6.07 Å². The third kappa shape index (κ3) is 3.58. The minimum Gasteiger partial charge on any atom is -0.347 e. The molecule has 19 heavy (non-hydrogen) atoms. The van der Waals surface area contributed by atoms with Crippen LogP contribution in [0.1, 0.15) is 21.7 Å². The highest BCUT2D eigenvalue weighted by Gasteiger charge is 2.07. The van der Waals surface area contributed by atoms with E-state index in [1.807, 2.05) is 0 Å². The summed E-state index contributed by atoms with van der Waals surface area (Å²) < 4.78 is 25.9. The van der Waals surface area contributed by atoms with Crippen LogP contribution in [0.4, 0.5) is 8.78 Å². The molecule has 1 heterocycles. The summed E-state index contributed by atoms with van der Waals surface area (Å²) in [5.41, 5.74) is 1.36. The quantitative estimate of drug-likeness (QED) is 0.923. The van der Waals surface area contributed by atoms with E-state index < -0.39 is 11.6 Å². The van der Waals surface area contributed by atoms with Crippen molar-refractivity contribution >= 4 is 5.91 Å². The third-order valence-corrected chi connectivity index (χ3v) is 2.50. The van der Waals surface area contributed by atoms with Crippen molar-refractivity contribution in [3.8, 4) is 0 Å². The number of nitrogens with zero attached hydrogens (tertiary/aromatic N) is 1. The van der Waals surface area contributed by atoms with E-state index in [1.165, 1.54) is 12.1 Å². The number of halogens is 2. The lowest BCUT2D eigenvalue weighted by atomic mass is 10.2. The van der Waals surface area contributed by atoms with E-state index in [4.69, 9.17) is 0 Å². The fourth-order valence-electron chi connectivity index (χ4n) is 1.66. The highest BCUT2D eigenvalue weighted by molar-refractivity contribution is 5.92. The van der Waals surface area contributed by atoms with Crippen LogP contribution in [0.5, 0.6) is 0 Å². The Morgan fingerprint density at radius 1 is 1.21 bits per heavy atom. The Balaban J connectivity index is 2.04. The van der Waals surface area contributed by atoms with Gasteiger partial charge in [0.25, 0.3) is 5.91 Å². The molecule has 1 aromatic carbocycles. The average molecular weight is 262 g/mol. The number of nitrogens with one attached hydrogen (secondary N) is 1. The first-order valence-electron chi connectivity index (χ1n) is 5.71. The van der Waals surface area contributed by atoms with Gasteiger partial charge in [-0.15, -0.1) is 0 Å². The van der Waals surface area contributed by atoms with Crippen LogP contribution < -0.4 is 5.32 Å². The van der Waals surface area contributed by atoms with Gasteiger partial charge in [0.05, 0.1) is 0 Å². The topological polar surface area (TPSA) is 42.0 Å². The number of pyridine rings is 1. The highest BCUT2D eigenvalue weighted by atomic mass is 19.1. The Hall–Kier alpha value is -2.30. The zero-order chi connectivity index (χ0) is 13.8. The molecule has 0 aliphatic heterocycles. The molecule has 0 bridgehead atoms. The Labute approximate surface area is 109 Å². The van der Waals surface area contributed by atoms with Gasteiger partial charge in [-0.25, -0.2) is 13.8 Å². The number of amides is 1. The first kappa shape index (κ1) is 13.1. The Kier molecular flexibility index (Phi) is 3.85. The van der Waals surface area contributed by atoms with Crippen LogP contribution in [-0.4, -0.2) is 10.9 Å². The van der Waals surface area contributed by atoms with Crippen molar-refractivity contribution in [2.75, 3.05) is 0 Å². The molecule has 0 spiro atoms. The van der Waals surface area contributed by atoms with Crippen LogP contribution in [0.3, 0.4) is 0 Å². The molecule has 1 aromatic heterocycles. The van der Waals surface area contributed by atoms with Crippen LogP contribution >= 0.6 is 0 Å². The molecular formula is C14H12F2N2O. The molecule has 2 rings (SSSR count). The van der Waals surface area contributed by atoms with Gasteiger partial charge in [-0.3, -0.25) is 4.79 Å². The van der Waals surface area contributed by atoms with Gasteiger partial charge >= 0.3 is 0 Å². The fourth-order valence-corrected chi connectivity index (χ4v) is 1.66. The van der Waals surface area contributed by atoms with Gasteiger partial charge in [0.15, 0.2) is 0 Å². The maximum atomic E-state index is 13.0. The zero-order valence-electron chi connectivity index (χ0n) is 10.3. The van der Waals surface area contributed by atoms with Crippen molar-refractivity contribution in [1.82, 2.24) is 10.3 Å². The Morgan fingerprint density at radius 2 is 1.89 bits per heavy atom. The van der Waals surface area contributed by atoms with Crippen molar-refractivity contribution < 1.29 is 13.6 Å². The van der Waals surface area contributed by atoms with Crippen molar-refractivity contribution in [1.29, 1.82) is 0 Å². The van der Waals surface area contributed by atoms with E-state index in [2.05, 4.69) is 10.3 Å². The minimum atomic E-state index is -0.669. The van der Waals surface area contributed by atoms with Crippen LogP contribution in [0.25, 0.3) is 0 Å². The molecule has 0 unspecified atom stereocenters. The SMILES string of the molecule is Cc1cccc(C(=O)NCc2cc(F)cc(F)c2)n1. The van der Waals surface area contributed by atoms with Gasteiger partial charge in [0, 0.05) is 18.3 Å². The van der Waals surface area contributed by atoms with Gasteiger partial charge < -0.3 is 5.32 Å². The number of hydrogen-bond donors (Lipinski definition) is 1. The molecule has 0 fully saturated rings. The van der Waals surface area contributed by atoms with E-state index >= 15 is 0 Å². The summed E-state index contributed by atoms with van der Waals surface area (Å²) >= 11 is 0. The number of aromatic nitrogens is 1. The molecule has 0 aliphatic rings. The molecule has 0 saturated carbocycles. The molecule has 1 amide bonds. The molecule has 0 aliphatic carbocycles. The van der Waals surface area contributed by atoms with E-state index in [9.17, 15) is 13.6 Å². The second-order valence-corrected chi connectivity index (χ2v) is 4.12. The van der Waals surface area contributed by atoms with E-state index in [1.54, 1.807) is 25.1 Å². The summed E-state index contributed by atoms with van der Waals surface area (Å²) in [4.78, 5) is 15.8. The van der Waals surface area contributed by atoms with E-state index in [-0.39, 0.29) is 18.1 Å². The number of aryl methyl sites for hydroxylation is 1. The molecule has 3 nitrogen and oxygen atoms in total. The van der Waals surface area contributed by atoms with Crippen LogP contribution in [0.2, 0.25) is 0 Å².